The van der Waals surface area contributed by atoms with Gasteiger partial charge in [0.1, 0.15) is 0 Å². The largest absolute Gasteiger partial charge is 0.326 e. The first kappa shape index (κ1) is 18.3. The summed E-state index contributed by atoms with van der Waals surface area (Å²) in [4.78, 5) is 28.3. The molecule has 0 radical (unpaired) electrons. The normalized spacial score (nSPS) is 19.6. The molecule has 1 aliphatic heterocycles. The molecule has 1 N–H and O–H groups in total. The first-order valence-electron chi connectivity index (χ1n) is 7.94. The summed E-state index contributed by atoms with van der Waals surface area (Å²) in [5, 5.41) is 3.64. The van der Waals surface area contributed by atoms with Crippen LogP contribution in [0.2, 0.25) is 10.0 Å². The quantitative estimate of drug-likeness (QED) is 0.856. The van der Waals surface area contributed by atoms with Crippen LogP contribution in [0.4, 0.5) is 11.4 Å². The molecule has 0 spiro atoms. The molecule has 2 aromatic carbocycles. The maximum absolute atomic E-state index is 13.3. The fourth-order valence-electron chi connectivity index (χ4n) is 2.95. The molecular formula is C19H17Cl2N3O2. The summed E-state index contributed by atoms with van der Waals surface area (Å²) in [6.07, 6.45) is 3.30. The molecular weight excluding hydrogens is 373 g/mol. The van der Waals surface area contributed by atoms with Crippen molar-refractivity contribution in [1.82, 2.24) is 5.32 Å². The molecule has 134 valence electrons. The predicted octanol–water partition coefficient (Wildman–Crippen LogP) is 4.17. The van der Waals surface area contributed by atoms with Gasteiger partial charge in [-0.05, 0) is 31.2 Å². The smallest absolute Gasteiger partial charge is 0.277 e. The molecule has 7 heteroatoms. The maximum Gasteiger partial charge on any atom is 0.277 e. The van der Waals surface area contributed by atoms with Gasteiger partial charge in [0, 0.05) is 19.3 Å². The van der Waals surface area contributed by atoms with E-state index >= 15 is 0 Å². The minimum absolute atomic E-state index is 0.340. The van der Waals surface area contributed by atoms with E-state index in [4.69, 9.17) is 23.2 Å². The molecule has 1 atom stereocenters. The summed E-state index contributed by atoms with van der Waals surface area (Å²) in [5.74, 6) is -0.699. The second-order valence-electron chi connectivity index (χ2n) is 6.00. The standard InChI is InChI=1S/C19H17Cl2N3O2/c1-13(25)22-19(2)18(26)23(16-9-5-3-7-14(16)20)11-12-24(19)17-10-6-4-8-15(17)21/h3-12H,1-2H3,(H,22,25). The Balaban J connectivity index is 2.13. The van der Waals surface area contributed by atoms with E-state index in [-0.39, 0.29) is 11.8 Å². The number of hydrogen-bond acceptors (Lipinski definition) is 3. The number of anilines is 2. The Morgan fingerprint density at radius 3 is 2.04 bits per heavy atom. The lowest BCUT2D eigenvalue weighted by molar-refractivity contribution is -0.130. The van der Waals surface area contributed by atoms with E-state index < -0.39 is 5.66 Å². The van der Waals surface area contributed by atoms with Crippen LogP contribution in [0.25, 0.3) is 0 Å². The Bertz CT molecular complexity index is 900. The second-order valence-corrected chi connectivity index (χ2v) is 6.81. The van der Waals surface area contributed by atoms with Crippen molar-refractivity contribution in [3.63, 3.8) is 0 Å². The fourth-order valence-corrected chi connectivity index (χ4v) is 3.40. The van der Waals surface area contributed by atoms with E-state index in [1.165, 1.54) is 11.8 Å². The van der Waals surface area contributed by atoms with Crippen molar-refractivity contribution in [3.8, 4) is 0 Å². The van der Waals surface area contributed by atoms with Crippen LogP contribution in [-0.2, 0) is 9.59 Å². The van der Waals surface area contributed by atoms with Gasteiger partial charge in [-0.3, -0.25) is 14.5 Å². The number of hydrogen-bond donors (Lipinski definition) is 1. The summed E-state index contributed by atoms with van der Waals surface area (Å²) in [6.45, 7) is 2.99. The molecule has 0 saturated carbocycles. The Labute approximate surface area is 161 Å². The first-order valence-corrected chi connectivity index (χ1v) is 8.69. The van der Waals surface area contributed by atoms with E-state index in [1.807, 2.05) is 6.07 Å². The van der Waals surface area contributed by atoms with E-state index in [0.717, 1.165) is 0 Å². The van der Waals surface area contributed by atoms with Gasteiger partial charge in [0.2, 0.25) is 5.91 Å². The van der Waals surface area contributed by atoms with Crippen molar-refractivity contribution >= 4 is 46.4 Å². The lowest BCUT2D eigenvalue weighted by Gasteiger charge is -2.45. The summed E-state index contributed by atoms with van der Waals surface area (Å²) in [7, 11) is 0. The van der Waals surface area contributed by atoms with Gasteiger partial charge >= 0.3 is 0 Å². The van der Waals surface area contributed by atoms with Crippen molar-refractivity contribution in [1.29, 1.82) is 0 Å². The highest BCUT2D eigenvalue weighted by atomic mass is 35.5. The molecule has 0 aliphatic carbocycles. The van der Waals surface area contributed by atoms with Gasteiger partial charge in [0.05, 0.1) is 21.4 Å². The van der Waals surface area contributed by atoms with Crippen molar-refractivity contribution in [2.24, 2.45) is 0 Å². The molecule has 0 fully saturated rings. The summed E-state index contributed by atoms with van der Waals surface area (Å²) in [6, 6.07) is 14.1. The molecule has 5 nitrogen and oxygen atoms in total. The minimum Gasteiger partial charge on any atom is -0.326 e. The number of halogens is 2. The predicted molar refractivity (Wildman–Crippen MR) is 104 cm³/mol. The number of rotatable bonds is 3. The van der Waals surface area contributed by atoms with Crippen LogP contribution in [-0.4, -0.2) is 17.5 Å². The fraction of sp³-hybridized carbons (Fsp3) is 0.158. The van der Waals surface area contributed by atoms with Crippen molar-refractivity contribution < 1.29 is 9.59 Å². The monoisotopic (exact) mass is 389 g/mol. The summed E-state index contributed by atoms with van der Waals surface area (Å²) < 4.78 is 0. The molecule has 1 aliphatic rings. The Morgan fingerprint density at radius 2 is 1.50 bits per heavy atom. The lowest BCUT2D eigenvalue weighted by atomic mass is 10.0. The van der Waals surface area contributed by atoms with E-state index in [0.29, 0.717) is 21.4 Å². The van der Waals surface area contributed by atoms with Crippen LogP contribution >= 0.6 is 23.2 Å². The third kappa shape index (κ3) is 3.16. The van der Waals surface area contributed by atoms with Gasteiger partial charge in [-0.25, -0.2) is 0 Å². The third-order valence-corrected chi connectivity index (χ3v) is 4.76. The highest BCUT2D eigenvalue weighted by Crippen LogP contribution is 2.36. The minimum atomic E-state index is -1.37. The van der Waals surface area contributed by atoms with Crippen LogP contribution in [0.15, 0.2) is 60.9 Å². The zero-order chi connectivity index (χ0) is 18.9. The zero-order valence-electron chi connectivity index (χ0n) is 14.2. The summed E-state index contributed by atoms with van der Waals surface area (Å²) >= 11 is 12.6. The number of para-hydroxylation sites is 2. The van der Waals surface area contributed by atoms with Crippen LogP contribution in [0.3, 0.4) is 0 Å². The lowest BCUT2D eigenvalue weighted by Crippen LogP contribution is -2.67. The Hall–Kier alpha value is -2.50. The van der Waals surface area contributed by atoms with Gasteiger partial charge in [-0.2, -0.15) is 0 Å². The SMILES string of the molecule is CC(=O)NC1(C)C(=O)N(c2ccccc2Cl)C=CN1c1ccccc1Cl. The molecule has 1 heterocycles. The Kier molecular flexibility index (Phi) is 4.94. The number of amides is 2. The average molecular weight is 390 g/mol. The zero-order valence-corrected chi connectivity index (χ0v) is 15.8. The number of nitrogens with zero attached hydrogens (tertiary/aromatic N) is 2. The molecule has 26 heavy (non-hydrogen) atoms. The Morgan fingerprint density at radius 1 is 0.962 bits per heavy atom. The average Bonchev–Trinajstić information content (AvgIpc) is 2.59. The molecule has 3 rings (SSSR count). The van der Waals surface area contributed by atoms with Crippen LogP contribution in [0.5, 0.6) is 0 Å². The molecule has 1 unspecified atom stereocenters. The first-order chi connectivity index (χ1) is 12.3. The van der Waals surface area contributed by atoms with Crippen LogP contribution < -0.4 is 15.1 Å². The number of carbonyl (C=O) groups excluding carboxylic acids is 2. The number of carbonyl (C=O) groups is 2. The van der Waals surface area contributed by atoms with E-state index in [2.05, 4.69) is 5.32 Å². The van der Waals surface area contributed by atoms with Gasteiger partial charge < -0.3 is 10.2 Å². The van der Waals surface area contributed by atoms with E-state index in [1.54, 1.807) is 66.7 Å². The molecule has 2 aromatic rings. The topological polar surface area (TPSA) is 52.7 Å². The van der Waals surface area contributed by atoms with E-state index in [9.17, 15) is 9.59 Å². The van der Waals surface area contributed by atoms with Crippen molar-refractivity contribution in [2.45, 2.75) is 19.5 Å². The van der Waals surface area contributed by atoms with Crippen molar-refractivity contribution in [3.05, 3.63) is 71.0 Å². The highest BCUT2D eigenvalue weighted by Gasteiger charge is 2.46. The molecule has 0 saturated heterocycles. The van der Waals surface area contributed by atoms with Crippen molar-refractivity contribution in [2.75, 3.05) is 9.80 Å². The third-order valence-electron chi connectivity index (χ3n) is 4.13. The molecule has 0 bridgehead atoms. The molecule has 2 amide bonds. The van der Waals surface area contributed by atoms with Gasteiger partial charge in [-0.15, -0.1) is 0 Å². The van der Waals surface area contributed by atoms with Gasteiger partial charge in [0.15, 0.2) is 5.66 Å². The van der Waals surface area contributed by atoms with Crippen LogP contribution in [0, 0.1) is 0 Å². The maximum atomic E-state index is 13.3. The molecule has 0 aromatic heterocycles. The highest BCUT2D eigenvalue weighted by molar-refractivity contribution is 6.34. The van der Waals surface area contributed by atoms with Gasteiger partial charge in [0.25, 0.3) is 5.91 Å². The summed E-state index contributed by atoms with van der Waals surface area (Å²) in [5.41, 5.74) is -0.232. The van der Waals surface area contributed by atoms with Crippen LogP contribution in [0.1, 0.15) is 13.8 Å². The number of nitrogens with one attached hydrogen (secondary N) is 1. The van der Waals surface area contributed by atoms with Gasteiger partial charge in [-0.1, -0.05) is 47.5 Å². The number of benzene rings is 2. The second kappa shape index (κ2) is 7.02.